The Labute approximate surface area is 131 Å². The highest BCUT2D eigenvalue weighted by atomic mass is 16.1. The van der Waals surface area contributed by atoms with Crippen molar-refractivity contribution in [3.8, 4) is 0 Å². The summed E-state index contributed by atoms with van der Waals surface area (Å²) in [4.78, 5) is 29.2. The predicted octanol–water partition coefficient (Wildman–Crippen LogP) is 0.425. The number of carbonyl (C=O) groups is 2. The number of hydrogen-bond donors (Lipinski definition) is 2. The number of likely N-dealkylation sites (tertiary alicyclic amines) is 1. The summed E-state index contributed by atoms with van der Waals surface area (Å²) >= 11 is 0. The minimum absolute atomic E-state index is 0.0255. The van der Waals surface area contributed by atoms with Gasteiger partial charge in [0.15, 0.2) is 0 Å². The summed E-state index contributed by atoms with van der Waals surface area (Å²) in [5.41, 5.74) is 7.26. The Morgan fingerprint density at radius 3 is 3.00 bits per heavy atom. The van der Waals surface area contributed by atoms with Gasteiger partial charge in [0.05, 0.1) is 6.54 Å². The van der Waals surface area contributed by atoms with Crippen molar-refractivity contribution >= 4 is 11.8 Å². The van der Waals surface area contributed by atoms with Gasteiger partial charge in [0.25, 0.3) is 0 Å². The third-order valence-electron chi connectivity index (χ3n) is 4.02. The van der Waals surface area contributed by atoms with Crippen LogP contribution in [0.1, 0.15) is 36.6 Å². The van der Waals surface area contributed by atoms with Crippen LogP contribution >= 0.6 is 0 Å². The van der Waals surface area contributed by atoms with E-state index in [1.807, 2.05) is 18.2 Å². The number of primary amides is 1. The molecule has 1 unspecified atom stereocenters. The van der Waals surface area contributed by atoms with E-state index in [1.165, 1.54) is 0 Å². The number of aromatic nitrogens is 1. The third-order valence-corrected chi connectivity index (χ3v) is 4.02. The SMILES string of the molecule is CNC(=O)CCc1cccc(C2CCCN(CC(N)=O)C2)n1. The molecule has 1 aliphatic heterocycles. The average molecular weight is 304 g/mol. The van der Waals surface area contributed by atoms with Crippen LogP contribution in [-0.4, -0.2) is 48.4 Å². The first-order valence-electron chi connectivity index (χ1n) is 7.75. The minimum Gasteiger partial charge on any atom is -0.369 e. The molecular weight excluding hydrogens is 280 g/mol. The van der Waals surface area contributed by atoms with Gasteiger partial charge in [-0.1, -0.05) is 6.07 Å². The topological polar surface area (TPSA) is 88.3 Å². The van der Waals surface area contributed by atoms with E-state index in [1.54, 1.807) is 7.05 Å². The number of pyridine rings is 1. The van der Waals surface area contributed by atoms with Crippen LogP contribution in [0.2, 0.25) is 0 Å². The first-order valence-corrected chi connectivity index (χ1v) is 7.75. The van der Waals surface area contributed by atoms with Crippen molar-refractivity contribution in [1.29, 1.82) is 0 Å². The number of nitrogens with one attached hydrogen (secondary N) is 1. The molecule has 2 amide bonds. The van der Waals surface area contributed by atoms with Crippen molar-refractivity contribution in [3.63, 3.8) is 0 Å². The van der Waals surface area contributed by atoms with E-state index in [0.29, 0.717) is 25.3 Å². The fraction of sp³-hybridized carbons (Fsp3) is 0.562. The van der Waals surface area contributed by atoms with Crippen LogP contribution in [0.25, 0.3) is 0 Å². The van der Waals surface area contributed by atoms with Gasteiger partial charge in [-0.3, -0.25) is 19.5 Å². The van der Waals surface area contributed by atoms with Crippen LogP contribution in [0.5, 0.6) is 0 Å². The minimum atomic E-state index is -0.284. The molecule has 2 rings (SSSR count). The van der Waals surface area contributed by atoms with Crippen molar-refractivity contribution in [1.82, 2.24) is 15.2 Å². The Morgan fingerprint density at radius 1 is 1.45 bits per heavy atom. The molecular formula is C16H24N4O2. The number of carbonyl (C=O) groups excluding carboxylic acids is 2. The van der Waals surface area contributed by atoms with Crippen LogP contribution in [0.4, 0.5) is 0 Å². The van der Waals surface area contributed by atoms with E-state index in [9.17, 15) is 9.59 Å². The highest BCUT2D eigenvalue weighted by Gasteiger charge is 2.23. The van der Waals surface area contributed by atoms with Crippen LogP contribution in [0.15, 0.2) is 18.2 Å². The Morgan fingerprint density at radius 2 is 2.27 bits per heavy atom. The smallest absolute Gasteiger partial charge is 0.231 e. The second-order valence-electron chi connectivity index (χ2n) is 5.77. The number of hydrogen-bond acceptors (Lipinski definition) is 4. The molecule has 120 valence electrons. The first kappa shape index (κ1) is 16.4. The Balaban J connectivity index is 1.99. The molecule has 0 aromatic carbocycles. The van der Waals surface area contributed by atoms with Crippen LogP contribution in [0, 0.1) is 0 Å². The second kappa shape index (κ2) is 7.89. The highest BCUT2D eigenvalue weighted by Crippen LogP contribution is 2.25. The lowest BCUT2D eigenvalue weighted by atomic mass is 9.94. The van der Waals surface area contributed by atoms with Gasteiger partial charge in [0.2, 0.25) is 11.8 Å². The molecule has 6 heteroatoms. The predicted molar refractivity (Wildman–Crippen MR) is 84.2 cm³/mol. The number of rotatable bonds is 6. The van der Waals surface area contributed by atoms with Gasteiger partial charge in [-0.15, -0.1) is 0 Å². The molecule has 1 aromatic rings. The fourth-order valence-corrected chi connectivity index (χ4v) is 2.89. The summed E-state index contributed by atoms with van der Waals surface area (Å²) in [7, 11) is 1.64. The molecule has 0 spiro atoms. The van der Waals surface area contributed by atoms with Crippen LogP contribution in [0.3, 0.4) is 0 Å². The molecule has 6 nitrogen and oxygen atoms in total. The Kier molecular flexibility index (Phi) is 5.89. The maximum atomic E-state index is 11.3. The standard InChI is InChI=1S/C16H24N4O2/c1-18-16(22)8-7-13-5-2-6-14(19-13)12-4-3-9-20(10-12)11-15(17)21/h2,5-6,12H,3-4,7-11H2,1H3,(H2,17,21)(H,18,22). The van der Waals surface area contributed by atoms with E-state index in [0.717, 1.165) is 37.3 Å². The van der Waals surface area contributed by atoms with Crippen molar-refractivity contribution in [2.45, 2.75) is 31.6 Å². The molecule has 1 aromatic heterocycles. The van der Waals surface area contributed by atoms with Gasteiger partial charge in [-0.2, -0.15) is 0 Å². The largest absolute Gasteiger partial charge is 0.369 e. The molecule has 0 saturated carbocycles. The number of aryl methyl sites for hydroxylation is 1. The van der Waals surface area contributed by atoms with Gasteiger partial charge < -0.3 is 11.1 Å². The summed E-state index contributed by atoms with van der Waals surface area (Å²) in [6.45, 7) is 2.04. The lowest BCUT2D eigenvalue weighted by molar-refractivity contribution is -0.121. The monoisotopic (exact) mass is 304 g/mol. The van der Waals surface area contributed by atoms with E-state index in [4.69, 9.17) is 10.7 Å². The maximum absolute atomic E-state index is 11.3. The van der Waals surface area contributed by atoms with Crippen molar-refractivity contribution < 1.29 is 9.59 Å². The molecule has 0 bridgehead atoms. The lowest BCUT2D eigenvalue weighted by Gasteiger charge is -2.31. The average Bonchev–Trinajstić information content (AvgIpc) is 2.52. The third kappa shape index (κ3) is 4.80. The quantitative estimate of drug-likeness (QED) is 0.797. The normalized spacial score (nSPS) is 18.9. The molecule has 1 aliphatic rings. The van der Waals surface area contributed by atoms with Gasteiger partial charge in [0.1, 0.15) is 0 Å². The molecule has 3 N–H and O–H groups in total. The van der Waals surface area contributed by atoms with Crippen LogP contribution < -0.4 is 11.1 Å². The van der Waals surface area contributed by atoms with Gasteiger partial charge >= 0.3 is 0 Å². The van der Waals surface area contributed by atoms with E-state index >= 15 is 0 Å². The number of nitrogens with zero attached hydrogens (tertiary/aromatic N) is 2. The number of piperidine rings is 1. The summed E-state index contributed by atoms with van der Waals surface area (Å²) < 4.78 is 0. The second-order valence-corrected chi connectivity index (χ2v) is 5.77. The van der Waals surface area contributed by atoms with Crippen molar-refractivity contribution in [2.24, 2.45) is 5.73 Å². The summed E-state index contributed by atoms with van der Waals surface area (Å²) in [5, 5.41) is 2.62. The highest BCUT2D eigenvalue weighted by molar-refractivity contribution is 5.76. The fourth-order valence-electron chi connectivity index (χ4n) is 2.89. The molecule has 0 aliphatic carbocycles. The summed E-state index contributed by atoms with van der Waals surface area (Å²) in [5.74, 6) is 0.0680. The van der Waals surface area contributed by atoms with Crippen molar-refractivity contribution in [3.05, 3.63) is 29.6 Å². The first-order chi connectivity index (χ1) is 10.6. The zero-order valence-corrected chi connectivity index (χ0v) is 13.0. The lowest BCUT2D eigenvalue weighted by Crippen LogP contribution is -2.40. The molecule has 1 saturated heterocycles. The molecule has 22 heavy (non-hydrogen) atoms. The van der Waals surface area contributed by atoms with Crippen molar-refractivity contribution in [2.75, 3.05) is 26.7 Å². The molecule has 1 atom stereocenters. The Bertz CT molecular complexity index is 533. The van der Waals surface area contributed by atoms with Crippen LogP contribution in [-0.2, 0) is 16.0 Å². The number of amides is 2. The van der Waals surface area contributed by atoms with E-state index in [-0.39, 0.29) is 11.8 Å². The van der Waals surface area contributed by atoms with Gasteiger partial charge in [-0.25, -0.2) is 0 Å². The summed E-state index contributed by atoms with van der Waals surface area (Å²) in [6, 6.07) is 5.98. The van der Waals surface area contributed by atoms with Gasteiger partial charge in [0, 0.05) is 37.3 Å². The Hall–Kier alpha value is -1.95. The zero-order valence-electron chi connectivity index (χ0n) is 13.0. The molecule has 1 fully saturated rings. The molecule has 0 radical (unpaired) electrons. The maximum Gasteiger partial charge on any atom is 0.231 e. The molecule has 2 heterocycles. The van der Waals surface area contributed by atoms with E-state index in [2.05, 4.69) is 10.2 Å². The zero-order chi connectivity index (χ0) is 15.9. The number of nitrogens with two attached hydrogens (primary N) is 1. The van der Waals surface area contributed by atoms with E-state index < -0.39 is 0 Å². The summed E-state index contributed by atoms with van der Waals surface area (Å²) in [6.07, 6.45) is 3.21. The van der Waals surface area contributed by atoms with Gasteiger partial charge in [-0.05, 0) is 37.9 Å².